The second-order valence-electron chi connectivity index (χ2n) is 6.60. The molecule has 4 rings (SSSR count). The fourth-order valence-corrected chi connectivity index (χ4v) is 3.47. The average Bonchev–Trinajstić information content (AvgIpc) is 3.25. The molecule has 1 aliphatic carbocycles. The molecule has 1 aliphatic heterocycles. The summed E-state index contributed by atoms with van der Waals surface area (Å²) in [5.74, 6) is 0.253. The van der Waals surface area contributed by atoms with Gasteiger partial charge in [-0.25, -0.2) is 4.39 Å². The first-order valence-corrected chi connectivity index (χ1v) is 8.50. The second kappa shape index (κ2) is 6.35. The van der Waals surface area contributed by atoms with Gasteiger partial charge in [-0.05, 0) is 42.2 Å². The number of benzene rings is 1. The van der Waals surface area contributed by atoms with Crippen LogP contribution < -0.4 is 0 Å². The van der Waals surface area contributed by atoms with E-state index in [1.807, 2.05) is 4.90 Å². The Morgan fingerprint density at radius 2 is 1.68 bits per heavy atom. The predicted octanol–water partition coefficient (Wildman–Crippen LogP) is 2.51. The lowest BCUT2D eigenvalue weighted by atomic mass is 10.1. The van der Waals surface area contributed by atoms with Crippen LogP contribution in [0.1, 0.15) is 28.5 Å². The molecule has 2 fully saturated rings. The van der Waals surface area contributed by atoms with E-state index in [0.29, 0.717) is 31.9 Å². The minimum atomic E-state index is -0.260. The van der Waals surface area contributed by atoms with Crippen molar-refractivity contribution in [1.82, 2.24) is 9.80 Å². The first-order chi connectivity index (χ1) is 12.1. The van der Waals surface area contributed by atoms with Crippen LogP contribution in [0.15, 0.2) is 47.1 Å². The lowest BCUT2D eigenvalue weighted by Crippen LogP contribution is -2.51. The second-order valence-corrected chi connectivity index (χ2v) is 6.60. The van der Waals surface area contributed by atoms with Gasteiger partial charge in [0.1, 0.15) is 5.82 Å². The molecule has 0 unspecified atom stereocenters. The number of hydrogen-bond acceptors (Lipinski definition) is 3. The maximum Gasteiger partial charge on any atom is 0.289 e. The van der Waals surface area contributed by atoms with Crippen molar-refractivity contribution in [3.63, 3.8) is 0 Å². The largest absolute Gasteiger partial charge is 0.459 e. The molecule has 1 aromatic heterocycles. The fraction of sp³-hybridized carbons (Fsp3) is 0.368. The van der Waals surface area contributed by atoms with Gasteiger partial charge < -0.3 is 14.2 Å². The minimum Gasteiger partial charge on any atom is -0.459 e. The molecule has 25 heavy (non-hydrogen) atoms. The third-order valence-electron chi connectivity index (χ3n) is 5.02. The molecule has 0 spiro atoms. The maximum atomic E-state index is 13.0. The SMILES string of the molecule is O=C(c1ccco1)N1CCN(C(=O)[C@H]2C[C@H]2c2ccc(F)cc2)CC1. The summed E-state index contributed by atoms with van der Waals surface area (Å²) in [6, 6.07) is 9.73. The molecule has 0 radical (unpaired) electrons. The molecular formula is C19H19FN2O3. The fourth-order valence-electron chi connectivity index (χ4n) is 3.47. The van der Waals surface area contributed by atoms with Gasteiger partial charge in [-0.1, -0.05) is 12.1 Å². The molecule has 0 N–H and O–H groups in total. The Hall–Kier alpha value is -2.63. The van der Waals surface area contributed by atoms with Gasteiger partial charge in [0.25, 0.3) is 5.91 Å². The Balaban J connectivity index is 1.32. The van der Waals surface area contributed by atoms with Gasteiger partial charge in [-0.3, -0.25) is 9.59 Å². The van der Waals surface area contributed by atoms with Gasteiger partial charge in [0.05, 0.1) is 6.26 Å². The van der Waals surface area contributed by atoms with Crippen molar-refractivity contribution in [1.29, 1.82) is 0 Å². The third kappa shape index (κ3) is 3.16. The van der Waals surface area contributed by atoms with E-state index in [4.69, 9.17) is 4.42 Å². The first-order valence-electron chi connectivity index (χ1n) is 8.50. The topological polar surface area (TPSA) is 53.8 Å². The Morgan fingerprint density at radius 1 is 1.00 bits per heavy atom. The predicted molar refractivity (Wildman–Crippen MR) is 88.4 cm³/mol. The molecule has 5 nitrogen and oxygen atoms in total. The smallest absolute Gasteiger partial charge is 0.289 e. The normalized spacial score (nSPS) is 22.8. The summed E-state index contributed by atoms with van der Waals surface area (Å²) in [5.41, 5.74) is 1.02. The standard InChI is InChI=1S/C19H19FN2O3/c20-14-5-3-13(4-6-14)15-12-16(15)18(23)21-7-9-22(10-8-21)19(24)17-2-1-11-25-17/h1-6,11,15-16H,7-10,12H2/t15-,16-/m0/s1. The van der Waals surface area contributed by atoms with E-state index in [9.17, 15) is 14.0 Å². The van der Waals surface area contributed by atoms with Crippen molar-refractivity contribution >= 4 is 11.8 Å². The van der Waals surface area contributed by atoms with Crippen LogP contribution in [0.5, 0.6) is 0 Å². The lowest BCUT2D eigenvalue weighted by Gasteiger charge is -2.34. The summed E-state index contributed by atoms with van der Waals surface area (Å²) >= 11 is 0. The van der Waals surface area contributed by atoms with Gasteiger partial charge in [-0.15, -0.1) is 0 Å². The average molecular weight is 342 g/mol. The molecule has 2 amide bonds. The maximum absolute atomic E-state index is 13.0. The number of carbonyl (C=O) groups is 2. The zero-order valence-corrected chi connectivity index (χ0v) is 13.7. The molecule has 6 heteroatoms. The summed E-state index contributed by atoms with van der Waals surface area (Å²) in [4.78, 5) is 28.4. The highest BCUT2D eigenvalue weighted by molar-refractivity contribution is 5.91. The van der Waals surface area contributed by atoms with Gasteiger partial charge in [0, 0.05) is 32.1 Å². The van der Waals surface area contributed by atoms with E-state index in [1.165, 1.54) is 18.4 Å². The van der Waals surface area contributed by atoms with Crippen molar-refractivity contribution in [2.45, 2.75) is 12.3 Å². The summed E-state index contributed by atoms with van der Waals surface area (Å²) in [6.07, 6.45) is 2.30. The molecule has 130 valence electrons. The Labute approximate surface area is 145 Å². The molecular weight excluding hydrogens is 323 g/mol. The van der Waals surface area contributed by atoms with Gasteiger partial charge in [-0.2, -0.15) is 0 Å². The van der Waals surface area contributed by atoms with E-state index in [0.717, 1.165) is 12.0 Å². The van der Waals surface area contributed by atoms with Crippen LogP contribution in [-0.4, -0.2) is 47.8 Å². The summed E-state index contributed by atoms with van der Waals surface area (Å²) in [7, 11) is 0. The molecule has 2 heterocycles. The number of halogens is 1. The highest BCUT2D eigenvalue weighted by Gasteiger charge is 2.46. The minimum absolute atomic E-state index is 0.0159. The quantitative estimate of drug-likeness (QED) is 0.861. The molecule has 2 aromatic rings. The molecule has 2 atom stereocenters. The zero-order valence-electron chi connectivity index (χ0n) is 13.7. The van der Waals surface area contributed by atoms with E-state index < -0.39 is 0 Å². The van der Waals surface area contributed by atoms with E-state index in [1.54, 1.807) is 29.2 Å². The van der Waals surface area contributed by atoms with E-state index in [2.05, 4.69) is 0 Å². The van der Waals surface area contributed by atoms with Crippen LogP contribution in [0, 0.1) is 11.7 Å². The number of hydrogen-bond donors (Lipinski definition) is 0. The third-order valence-corrected chi connectivity index (χ3v) is 5.02. The number of amides is 2. The zero-order chi connectivity index (χ0) is 17.4. The van der Waals surface area contributed by atoms with E-state index in [-0.39, 0.29) is 29.5 Å². The monoisotopic (exact) mass is 342 g/mol. The van der Waals surface area contributed by atoms with Crippen LogP contribution in [0.3, 0.4) is 0 Å². The van der Waals surface area contributed by atoms with Crippen LogP contribution >= 0.6 is 0 Å². The number of carbonyl (C=O) groups excluding carboxylic acids is 2. The Morgan fingerprint density at radius 3 is 2.32 bits per heavy atom. The molecule has 0 bridgehead atoms. The first kappa shape index (κ1) is 15.9. The Bertz CT molecular complexity index is 764. The number of rotatable bonds is 3. The van der Waals surface area contributed by atoms with Crippen molar-refractivity contribution in [3.8, 4) is 0 Å². The van der Waals surface area contributed by atoms with Crippen molar-refractivity contribution in [3.05, 3.63) is 59.8 Å². The highest BCUT2D eigenvalue weighted by atomic mass is 19.1. The van der Waals surface area contributed by atoms with Gasteiger partial charge in [0.2, 0.25) is 5.91 Å². The summed E-state index contributed by atoms with van der Waals surface area (Å²) in [5, 5.41) is 0. The van der Waals surface area contributed by atoms with Crippen LogP contribution in [0.25, 0.3) is 0 Å². The number of piperazine rings is 1. The van der Waals surface area contributed by atoms with Crippen molar-refractivity contribution in [2.75, 3.05) is 26.2 Å². The molecule has 2 aliphatic rings. The van der Waals surface area contributed by atoms with Gasteiger partial charge >= 0.3 is 0 Å². The highest BCUT2D eigenvalue weighted by Crippen LogP contribution is 2.48. The molecule has 1 saturated carbocycles. The van der Waals surface area contributed by atoms with Crippen molar-refractivity contribution in [2.24, 2.45) is 5.92 Å². The molecule has 1 saturated heterocycles. The van der Waals surface area contributed by atoms with Crippen LogP contribution in [-0.2, 0) is 4.79 Å². The number of furan rings is 1. The number of nitrogens with zero attached hydrogens (tertiary/aromatic N) is 2. The van der Waals surface area contributed by atoms with Gasteiger partial charge in [0.15, 0.2) is 5.76 Å². The summed E-state index contributed by atoms with van der Waals surface area (Å²) < 4.78 is 18.2. The van der Waals surface area contributed by atoms with Crippen LogP contribution in [0.4, 0.5) is 4.39 Å². The molecule has 1 aromatic carbocycles. The van der Waals surface area contributed by atoms with Crippen LogP contribution in [0.2, 0.25) is 0 Å². The summed E-state index contributed by atoms with van der Waals surface area (Å²) in [6.45, 7) is 2.11. The lowest BCUT2D eigenvalue weighted by molar-refractivity contribution is -0.134. The Kier molecular flexibility index (Phi) is 4.03. The van der Waals surface area contributed by atoms with E-state index >= 15 is 0 Å². The van der Waals surface area contributed by atoms with Crippen molar-refractivity contribution < 1.29 is 18.4 Å².